The molecule has 0 aromatic carbocycles. The van der Waals surface area contributed by atoms with Crippen molar-refractivity contribution in [3.8, 4) is 0 Å². The minimum absolute atomic E-state index is 0.00623. The first-order valence-corrected chi connectivity index (χ1v) is 7.99. The Balaban J connectivity index is 3.80. The van der Waals surface area contributed by atoms with Gasteiger partial charge in [-0.25, -0.2) is 0 Å². The Morgan fingerprint density at radius 1 is 1.55 bits per heavy atom. The second-order valence-electron chi connectivity index (χ2n) is 1.84. The van der Waals surface area contributed by atoms with Gasteiger partial charge in [0.25, 0.3) is 0 Å². The second kappa shape index (κ2) is 4.90. The molecule has 1 atom stereocenters. The average Bonchev–Trinajstić information content (AvgIpc) is 1.83. The van der Waals surface area contributed by atoms with Crippen LogP contribution >= 0.6 is 52.5 Å². The van der Waals surface area contributed by atoms with Gasteiger partial charge in [0, 0.05) is 6.16 Å². The minimum atomic E-state index is -2.00. The van der Waals surface area contributed by atoms with E-state index in [-0.39, 0.29) is 6.61 Å². The molecule has 0 aromatic heterocycles. The summed E-state index contributed by atoms with van der Waals surface area (Å²) in [7, 11) is 0. The topological polar surface area (TPSA) is 9.23 Å². The summed E-state index contributed by atoms with van der Waals surface area (Å²) in [5, 5.41) is 0. The molecule has 0 aliphatic heterocycles. The van der Waals surface area contributed by atoms with E-state index >= 15 is 0 Å². The van der Waals surface area contributed by atoms with Crippen LogP contribution < -0.4 is 0 Å². The normalized spacial score (nSPS) is 17.9. The zero-order valence-electron chi connectivity index (χ0n) is 5.76. The number of alkyl halides is 3. The fourth-order valence-electron chi connectivity index (χ4n) is 0.265. The van der Waals surface area contributed by atoms with Crippen LogP contribution in [0.1, 0.15) is 6.92 Å². The van der Waals surface area contributed by atoms with Crippen LogP contribution in [0.5, 0.6) is 0 Å². The van der Waals surface area contributed by atoms with Crippen molar-refractivity contribution in [2.75, 3.05) is 12.8 Å². The van der Waals surface area contributed by atoms with Gasteiger partial charge in [-0.15, -0.1) is 12.2 Å². The summed E-state index contributed by atoms with van der Waals surface area (Å²) in [4.78, 5) is 0. The zero-order valence-corrected chi connectivity index (χ0v) is 10.6. The number of rotatable bonds is 3. The molecule has 0 rings (SSSR count). The van der Waals surface area contributed by atoms with E-state index in [4.69, 9.17) is 51.1 Å². The van der Waals surface area contributed by atoms with Gasteiger partial charge in [-0.05, 0) is 0 Å². The summed E-state index contributed by atoms with van der Waals surface area (Å²) in [5.74, 6) is 0. The van der Waals surface area contributed by atoms with E-state index < -0.39 is 9.26 Å². The molecule has 0 radical (unpaired) electrons. The molecule has 0 bridgehead atoms. The summed E-state index contributed by atoms with van der Waals surface area (Å²) in [5.41, 5.74) is -2.00. The Morgan fingerprint density at radius 2 is 2.00 bits per heavy atom. The van der Waals surface area contributed by atoms with Crippen LogP contribution in [0.4, 0.5) is 0 Å². The van der Waals surface area contributed by atoms with Crippen molar-refractivity contribution in [2.24, 2.45) is 0 Å². The van der Waals surface area contributed by atoms with Crippen LogP contribution in [-0.2, 0) is 16.3 Å². The molecule has 0 fully saturated rings. The van der Waals surface area contributed by atoms with Crippen molar-refractivity contribution in [1.29, 1.82) is 0 Å². The molecule has 7 heteroatoms. The van der Waals surface area contributed by atoms with E-state index in [2.05, 4.69) is 12.2 Å². The maximum absolute atomic E-state index is 5.44. The van der Waals surface area contributed by atoms with Gasteiger partial charge in [0.05, 0.1) is 6.61 Å². The highest BCUT2D eigenvalue weighted by Gasteiger charge is 2.23. The van der Waals surface area contributed by atoms with Gasteiger partial charge in [-0.2, -0.15) is 0 Å². The molecule has 0 spiro atoms. The van der Waals surface area contributed by atoms with Crippen molar-refractivity contribution in [1.82, 2.24) is 0 Å². The predicted molar refractivity (Wildman–Crippen MR) is 60.1 cm³/mol. The average molecular weight is 274 g/mol. The molecule has 0 amide bonds. The molecular weight excluding hydrogens is 266 g/mol. The van der Waals surface area contributed by atoms with Gasteiger partial charge in [0.1, 0.15) is 5.47 Å². The van der Waals surface area contributed by atoms with Crippen LogP contribution in [0.15, 0.2) is 0 Å². The fourth-order valence-corrected chi connectivity index (χ4v) is 1.57. The van der Waals surface area contributed by atoms with Crippen molar-refractivity contribution >= 4 is 64.3 Å². The molecule has 0 saturated carbocycles. The van der Waals surface area contributed by atoms with Gasteiger partial charge in [0.2, 0.25) is 3.79 Å². The zero-order chi connectivity index (χ0) is 9.12. The van der Waals surface area contributed by atoms with E-state index in [0.717, 1.165) is 0 Å². The number of hydrogen-bond donors (Lipinski definition) is 1. The maximum atomic E-state index is 5.44. The molecule has 0 aromatic rings. The third-order valence-corrected chi connectivity index (χ3v) is 4.77. The van der Waals surface area contributed by atoms with Gasteiger partial charge >= 0.3 is 0 Å². The first kappa shape index (κ1) is 12.8. The third-order valence-electron chi connectivity index (χ3n) is 0.830. The van der Waals surface area contributed by atoms with Gasteiger partial charge < -0.3 is 4.52 Å². The monoisotopic (exact) mass is 272 g/mol. The van der Waals surface area contributed by atoms with E-state index in [1.54, 1.807) is 0 Å². The summed E-state index contributed by atoms with van der Waals surface area (Å²) in [6.45, 7) is 1.90. The molecule has 1 unspecified atom stereocenters. The largest absolute Gasteiger partial charge is 0.337 e. The fraction of sp³-hybridized carbons (Fsp3) is 1.00. The highest BCUT2D eigenvalue weighted by Crippen LogP contribution is 2.52. The highest BCUT2D eigenvalue weighted by atomic mass is 35.6. The molecule has 0 N–H and O–H groups in total. The maximum Gasteiger partial charge on any atom is 0.213 e. The summed E-state index contributed by atoms with van der Waals surface area (Å²) in [6, 6.07) is 0. The Morgan fingerprint density at radius 3 is 2.27 bits per heavy atom. The molecule has 0 saturated heterocycles. The second-order valence-corrected chi connectivity index (χ2v) is 11.0. The predicted octanol–water partition coefficient (Wildman–Crippen LogP) is 3.63. The summed E-state index contributed by atoms with van der Waals surface area (Å²) < 4.78 is 3.75. The third kappa shape index (κ3) is 8.17. The lowest BCUT2D eigenvalue weighted by molar-refractivity contribution is 0.369. The van der Waals surface area contributed by atoms with Crippen molar-refractivity contribution in [2.45, 2.75) is 10.7 Å². The smallest absolute Gasteiger partial charge is 0.213 e. The van der Waals surface area contributed by atoms with Crippen LogP contribution in [0.2, 0.25) is 0 Å². The Labute approximate surface area is 92.0 Å². The molecule has 0 aliphatic rings. The number of hydrogen-bond acceptors (Lipinski definition) is 2. The Kier molecular flexibility index (Phi) is 5.71. The quantitative estimate of drug-likeness (QED) is 0.478. The lowest BCUT2D eigenvalue weighted by Gasteiger charge is -2.17. The van der Waals surface area contributed by atoms with Crippen molar-refractivity contribution in [3.05, 3.63) is 0 Å². The molecule has 0 aliphatic carbocycles. The van der Waals surface area contributed by atoms with E-state index in [1.807, 2.05) is 6.92 Å². The van der Waals surface area contributed by atoms with Crippen LogP contribution in [0.3, 0.4) is 0 Å². The van der Waals surface area contributed by atoms with Crippen molar-refractivity contribution < 1.29 is 4.52 Å². The van der Waals surface area contributed by atoms with Crippen LogP contribution in [0.25, 0.3) is 0 Å². The van der Waals surface area contributed by atoms with Crippen molar-refractivity contribution in [3.63, 3.8) is 0 Å². The van der Waals surface area contributed by atoms with E-state index in [1.165, 1.54) is 0 Å². The highest BCUT2D eigenvalue weighted by molar-refractivity contribution is 8.61. The molecule has 68 valence electrons. The summed E-state index contributed by atoms with van der Waals surface area (Å²) in [6.07, 6.45) is 0.687. The summed E-state index contributed by atoms with van der Waals surface area (Å²) >= 11 is 25.4. The Hall–Kier alpha value is 1.83. The molecular formula is C4H8Cl3OPS2. The van der Waals surface area contributed by atoms with Gasteiger partial charge in [-0.3, -0.25) is 0 Å². The first-order valence-electron chi connectivity index (χ1n) is 2.80. The van der Waals surface area contributed by atoms with Crippen LogP contribution in [-0.4, -0.2) is 16.6 Å². The lowest BCUT2D eigenvalue weighted by atomic mass is 10.9. The van der Waals surface area contributed by atoms with Gasteiger partial charge in [0.15, 0.2) is 0 Å². The first-order chi connectivity index (χ1) is 4.77. The lowest BCUT2D eigenvalue weighted by Crippen LogP contribution is -2.10. The van der Waals surface area contributed by atoms with E-state index in [9.17, 15) is 0 Å². The molecule has 11 heavy (non-hydrogen) atoms. The van der Waals surface area contributed by atoms with Crippen LogP contribution in [0, 0.1) is 0 Å². The Bertz CT molecular complexity index is 169. The minimum Gasteiger partial charge on any atom is -0.337 e. The number of thiol groups is 1. The standard InChI is InChI=1S/C4H8Cl3OPS2/c1-2-9(10,11)8-3-4(5,6)7/h2-3H2,1H3,(H,10,11). The number of halogens is 3. The van der Waals surface area contributed by atoms with Gasteiger partial charge in [-0.1, -0.05) is 53.5 Å². The molecule has 1 nitrogen and oxygen atoms in total. The SMILES string of the molecule is CCP(=S)(S)OCC(Cl)(Cl)Cl. The van der Waals surface area contributed by atoms with E-state index in [0.29, 0.717) is 6.16 Å². The molecule has 0 heterocycles.